The smallest absolute Gasteiger partial charge is 0.123 e. The molecule has 1 aliphatic rings. The van der Waals surface area contributed by atoms with Crippen molar-refractivity contribution in [1.29, 1.82) is 0 Å². The number of hydrogen-bond donors (Lipinski definition) is 3. The average molecular weight is 321 g/mol. The van der Waals surface area contributed by atoms with Crippen molar-refractivity contribution in [1.82, 2.24) is 14.7 Å². The van der Waals surface area contributed by atoms with E-state index in [1.165, 1.54) is 12.1 Å². The molecule has 0 aliphatic carbocycles. The lowest BCUT2D eigenvalue weighted by molar-refractivity contribution is 0.0186. The van der Waals surface area contributed by atoms with Crippen LogP contribution in [0.2, 0.25) is 0 Å². The fourth-order valence-electron chi connectivity index (χ4n) is 3.07. The molecule has 6 nitrogen and oxygen atoms in total. The number of rotatable bonds is 4. The summed E-state index contributed by atoms with van der Waals surface area (Å²) in [7, 11) is 0. The number of benzene rings is 1. The first-order valence-corrected chi connectivity index (χ1v) is 7.53. The molecule has 0 amide bonds. The van der Waals surface area contributed by atoms with Crippen molar-refractivity contribution in [2.75, 3.05) is 6.61 Å². The third-order valence-electron chi connectivity index (χ3n) is 4.47. The van der Waals surface area contributed by atoms with Gasteiger partial charge in [0.25, 0.3) is 0 Å². The highest BCUT2D eigenvalue weighted by Gasteiger charge is 2.44. The number of aromatic nitrogens is 2. The molecule has 1 aliphatic heterocycles. The van der Waals surface area contributed by atoms with Gasteiger partial charge >= 0.3 is 0 Å². The zero-order valence-corrected chi connectivity index (χ0v) is 12.7. The van der Waals surface area contributed by atoms with Gasteiger partial charge in [-0.05, 0) is 31.2 Å². The van der Waals surface area contributed by atoms with Crippen LogP contribution in [0.5, 0.6) is 0 Å². The third kappa shape index (κ3) is 3.00. The second-order valence-corrected chi connectivity index (χ2v) is 5.91. The van der Waals surface area contributed by atoms with Gasteiger partial charge in [-0.15, -0.1) is 0 Å². The summed E-state index contributed by atoms with van der Waals surface area (Å²) in [5.41, 5.74) is 1.62. The maximum absolute atomic E-state index is 13.0. The average Bonchev–Trinajstić information content (AvgIpc) is 3.09. The number of halogens is 1. The Morgan fingerprint density at radius 3 is 2.52 bits per heavy atom. The van der Waals surface area contributed by atoms with Crippen molar-refractivity contribution in [2.45, 2.75) is 37.8 Å². The molecule has 0 bridgehead atoms. The van der Waals surface area contributed by atoms with E-state index in [1.807, 2.05) is 18.0 Å². The standard InChI is InChI=1S/C16H20FN3O3/c1-10-15(22)16(23)14(9-21)19(10)7-11-6-18-20(8-11)13-4-2-12(17)3-5-13/h2-6,8,10,14-16,21-23H,7,9H2,1H3/t10-,14+,15-,16+/m0/s1. The number of hydrogen-bond acceptors (Lipinski definition) is 5. The monoisotopic (exact) mass is 321 g/mol. The molecule has 1 aromatic heterocycles. The Hall–Kier alpha value is -1.80. The van der Waals surface area contributed by atoms with Crippen LogP contribution in [-0.2, 0) is 6.54 Å². The normalized spacial score (nSPS) is 28.4. The predicted molar refractivity (Wildman–Crippen MR) is 81.4 cm³/mol. The van der Waals surface area contributed by atoms with E-state index in [2.05, 4.69) is 5.10 Å². The summed E-state index contributed by atoms with van der Waals surface area (Å²) >= 11 is 0. The van der Waals surface area contributed by atoms with Gasteiger partial charge in [0.1, 0.15) is 5.82 Å². The van der Waals surface area contributed by atoms with Crippen LogP contribution >= 0.6 is 0 Å². The summed E-state index contributed by atoms with van der Waals surface area (Å²) in [6.07, 6.45) is 1.63. The topological polar surface area (TPSA) is 81.8 Å². The van der Waals surface area contributed by atoms with Gasteiger partial charge in [-0.2, -0.15) is 5.10 Å². The van der Waals surface area contributed by atoms with Crippen LogP contribution < -0.4 is 0 Å². The van der Waals surface area contributed by atoms with Crippen molar-refractivity contribution < 1.29 is 19.7 Å². The van der Waals surface area contributed by atoms with Gasteiger partial charge in [0, 0.05) is 24.3 Å². The molecule has 0 radical (unpaired) electrons. The predicted octanol–water partition coefficient (Wildman–Crippen LogP) is 0.298. The summed E-state index contributed by atoms with van der Waals surface area (Å²) in [6.45, 7) is 2.03. The first kappa shape index (κ1) is 16.1. The molecule has 1 saturated heterocycles. The van der Waals surface area contributed by atoms with E-state index in [0.29, 0.717) is 6.54 Å². The summed E-state index contributed by atoms with van der Waals surface area (Å²) < 4.78 is 14.6. The third-order valence-corrected chi connectivity index (χ3v) is 4.47. The minimum Gasteiger partial charge on any atom is -0.395 e. The Morgan fingerprint density at radius 1 is 1.17 bits per heavy atom. The Balaban J connectivity index is 1.77. The SMILES string of the molecule is C[C@H]1[C@H](O)[C@H](O)[C@@H](CO)N1Cc1cnn(-c2ccc(F)cc2)c1. The lowest BCUT2D eigenvalue weighted by Gasteiger charge is -2.26. The van der Waals surface area contributed by atoms with Crippen LogP contribution in [0, 0.1) is 5.82 Å². The molecule has 0 unspecified atom stereocenters. The summed E-state index contributed by atoms with van der Waals surface area (Å²) in [6, 6.07) is 5.23. The second kappa shape index (κ2) is 6.37. The van der Waals surface area contributed by atoms with Crippen molar-refractivity contribution in [3.05, 3.63) is 48.0 Å². The van der Waals surface area contributed by atoms with Gasteiger partial charge < -0.3 is 15.3 Å². The highest BCUT2D eigenvalue weighted by atomic mass is 19.1. The molecule has 2 heterocycles. The molecule has 0 saturated carbocycles. The van der Waals surface area contributed by atoms with Crippen molar-refractivity contribution in [3.63, 3.8) is 0 Å². The van der Waals surface area contributed by atoms with Crippen LogP contribution in [0.3, 0.4) is 0 Å². The molecule has 3 N–H and O–H groups in total. The van der Waals surface area contributed by atoms with Crippen LogP contribution in [0.4, 0.5) is 4.39 Å². The molecular formula is C16H20FN3O3. The minimum absolute atomic E-state index is 0.228. The van der Waals surface area contributed by atoms with Crippen LogP contribution in [-0.4, -0.2) is 60.9 Å². The molecule has 1 fully saturated rings. The Bertz CT molecular complexity index is 661. The Labute approximate surface area is 133 Å². The summed E-state index contributed by atoms with van der Waals surface area (Å²) in [4.78, 5) is 1.86. The fourth-order valence-corrected chi connectivity index (χ4v) is 3.07. The van der Waals surface area contributed by atoms with E-state index in [1.54, 1.807) is 23.0 Å². The van der Waals surface area contributed by atoms with Gasteiger partial charge in [0.2, 0.25) is 0 Å². The van der Waals surface area contributed by atoms with E-state index >= 15 is 0 Å². The maximum atomic E-state index is 13.0. The number of nitrogens with zero attached hydrogens (tertiary/aromatic N) is 3. The molecule has 0 spiro atoms. The first-order chi connectivity index (χ1) is 11.0. The zero-order valence-electron chi connectivity index (χ0n) is 12.7. The van der Waals surface area contributed by atoms with E-state index in [-0.39, 0.29) is 18.5 Å². The molecule has 23 heavy (non-hydrogen) atoms. The van der Waals surface area contributed by atoms with Crippen molar-refractivity contribution in [3.8, 4) is 5.69 Å². The minimum atomic E-state index is -0.970. The van der Waals surface area contributed by atoms with Gasteiger partial charge in [-0.3, -0.25) is 4.90 Å². The molecule has 3 rings (SSSR count). The molecule has 1 aromatic carbocycles. The Kier molecular flexibility index (Phi) is 4.45. The van der Waals surface area contributed by atoms with Gasteiger partial charge in [-0.1, -0.05) is 0 Å². The lowest BCUT2D eigenvalue weighted by atomic mass is 10.1. The second-order valence-electron chi connectivity index (χ2n) is 5.91. The molecule has 4 atom stereocenters. The number of aliphatic hydroxyl groups is 3. The lowest BCUT2D eigenvalue weighted by Crippen LogP contribution is -2.39. The molecule has 7 heteroatoms. The first-order valence-electron chi connectivity index (χ1n) is 7.53. The maximum Gasteiger partial charge on any atom is 0.123 e. The van der Waals surface area contributed by atoms with Crippen LogP contribution in [0.15, 0.2) is 36.7 Å². The summed E-state index contributed by atoms with van der Waals surface area (Å²) in [5, 5.41) is 33.7. The summed E-state index contributed by atoms with van der Waals surface area (Å²) in [5.74, 6) is -0.305. The number of likely N-dealkylation sites (tertiary alicyclic amines) is 1. The highest BCUT2D eigenvalue weighted by molar-refractivity contribution is 5.31. The molecule has 124 valence electrons. The van der Waals surface area contributed by atoms with Crippen LogP contribution in [0.1, 0.15) is 12.5 Å². The van der Waals surface area contributed by atoms with Gasteiger partial charge in [-0.25, -0.2) is 9.07 Å². The van der Waals surface area contributed by atoms with Gasteiger partial charge in [0.05, 0.1) is 36.7 Å². The largest absolute Gasteiger partial charge is 0.395 e. The Morgan fingerprint density at radius 2 is 1.87 bits per heavy atom. The van der Waals surface area contributed by atoms with E-state index in [9.17, 15) is 19.7 Å². The van der Waals surface area contributed by atoms with Gasteiger partial charge in [0.15, 0.2) is 0 Å². The van der Waals surface area contributed by atoms with Crippen molar-refractivity contribution in [2.24, 2.45) is 0 Å². The number of aliphatic hydroxyl groups excluding tert-OH is 3. The highest BCUT2D eigenvalue weighted by Crippen LogP contribution is 2.27. The van der Waals surface area contributed by atoms with E-state index in [4.69, 9.17) is 0 Å². The molecule has 2 aromatic rings. The zero-order chi connectivity index (χ0) is 16.6. The van der Waals surface area contributed by atoms with E-state index in [0.717, 1.165) is 11.3 Å². The van der Waals surface area contributed by atoms with E-state index < -0.39 is 18.2 Å². The van der Waals surface area contributed by atoms with Crippen LogP contribution in [0.25, 0.3) is 5.69 Å². The molecular weight excluding hydrogens is 301 g/mol. The quantitative estimate of drug-likeness (QED) is 0.754. The van der Waals surface area contributed by atoms with Crippen molar-refractivity contribution >= 4 is 0 Å². The fraction of sp³-hybridized carbons (Fsp3) is 0.438.